The maximum absolute atomic E-state index is 11.9. The number of halogens is 1. The SMILES string of the molecule is COc1cc([N+](=O)[O-])ccc1NC(=O)/C=C/c1cccc(Cl)c1. The topological polar surface area (TPSA) is 81.5 Å². The summed E-state index contributed by atoms with van der Waals surface area (Å²) in [7, 11) is 1.37. The summed E-state index contributed by atoms with van der Waals surface area (Å²) in [5.74, 6) is -0.180. The predicted molar refractivity (Wildman–Crippen MR) is 88.8 cm³/mol. The molecule has 0 aliphatic heterocycles. The van der Waals surface area contributed by atoms with Gasteiger partial charge in [-0.3, -0.25) is 14.9 Å². The number of carbonyl (C=O) groups is 1. The number of benzene rings is 2. The van der Waals surface area contributed by atoms with Gasteiger partial charge in [-0.15, -0.1) is 0 Å². The summed E-state index contributed by atoms with van der Waals surface area (Å²) in [6.07, 6.45) is 2.95. The lowest BCUT2D eigenvalue weighted by Gasteiger charge is -2.08. The van der Waals surface area contributed by atoms with E-state index in [9.17, 15) is 14.9 Å². The summed E-state index contributed by atoms with van der Waals surface area (Å²) in [6.45, 7) is 0. The first-order valence-electron chi connectivity index (χ1n) is 6.56. The Morgan fingerprint density at radius 3 is 2.74 bits per heavy atom. The van der Waals surface area contributed by atoms with Gasteiger partial charge >= 0.3 is 0 Å². The van der Waals surface area contributed by atoms with Crippen molar-refractivity contribution in [1.82, 2.24) is 0 Å². The Labute approximate surface area is 137 Å². The monoisotopic (exact) mass is 332 g/mol. The van der Waals surface area contributed by atoms with Gasteiger partial charge in [-0.1, -0.05) is 23.7 Å². The van der Waals surface area contributed by atoms with Gasteiger partial charge in [0.15, 0.2) is 0 Å². The summed E-state index contributed by atoms with van der Waals surface area (Å²) in [6, 6.07) is 11.0. The van der Waals surface area contributed by atoms with Crippen LogP contribution in [0.4, 0.5) is 11.4 Å². The number of ether oxygens (including phenoxy) is 1. The predicted octanol–water partition coefficient (Wildman–Crippen LogP) is 3.91. The van der Waals surface area contributed by atoms with Crippen LogP contribution in [0, 0.1) is 10.1 Å². The van der Waals surface area contributed by atoms with Crippen LogP contribution in [0.2, 0.25) is 5.02 Å². The molecule has 0 heterocycles. The van der Waals surface area contributed by atoms with E-state index in [1.807, 2.05) is 6.07 Å². The van der Waals surface area contributed by atoms with Crippen molar-refractivity contribution in [2.45, 2.75) is 0 Å². The molecule has 7 heteroatoms. The van der Waals surface area contributed by atoms with Gasteiger partial charge in [0, 0.05) is 17.2 Å². The van der Waals surface area contributed by atoms with E-state index in [-0.39, 0.29) is 11.4 Å². The fraction of sp³-hybridized carbons (Fsp3) is 0.0625. The highest BCUT2D eigenvalue weighted by atomic mass is 35.5. The number of amides is 1. The Morgan fingerprint density at radius 1 is 1.30 bits per heavy atom. The molecule has 2 aromatic carbocycles. The number of nitro groups is 1. The highest BCUT2D eigenvalue weighted by Gasteiger charge is 2.12. The zero-order chi connectivity index (χ0) is 16.8. The molecule has 0 aliphatic carbocycles. The number of rotatable bonds is 5. The molecule has 0 saturated heterocycles. The van der Waals surface area contributed by atoms with Crippen LogP contribution in [0.15, 0.2) is 48.5 Å². The molecule has 0 fully saturated rings. The van der Waals surface area contributed by atoms with E-state index >= 15 is 0 Å². The van der Waals surface area contributed by atoms with Crippen LogP contribution in [-0.2, 0) is 4.79 Å². The van der Waals surface area contributed by atoms with Crippen LogP contribution >= 0.6 is 11.6 Å². The smallest absolute Gasteiger partial charge is 0.273 e. The van der Waals surface area contributed by atoms with Gasteiger partial charge in [0.2, 0.25) is 5.91 Å². The number of hydrogen-bond acceptors (Lipinski definition) is 4. The maximum Gasteiger partial charge on any atom is 0.273 e. The Kier molecular flexibility index (Phi) is 5.32. The van der Waals surface area contributed by atoms with E-state index in [1.54, 1.807) is 24.3 Å². The van der Waals surface area contributed by atoms with Gasteiger partial charge in [-0.05, 0) is 29.8 Å². The first-order valence-corrected chi connectivity index (χ1v) is 6.94. The van der Waals surface area contributed by atoms with Crippen molar-refractivity contribution in [3.05, 3.63) is 69.2 Å². The first kappa shape index (κ1) is 16.5. The van der Waals surface area contributed by atoms with Gasteiger partial charge < -0.3 is 10.1 Å². The first-order chi connectivity index (χ1) is 11.0. The van der Waals surface area contributed by atoms with Crippen LogP contribution in [-0.4, -0.2) is 17.9 Å². The zero-order valence-corrected chi connectivity index (χ0v) is 12.9. The van der Waals surface area contributed by atoms with Crippen LogP contribution in [0.3, 0.4) is 0 Å². The van der Waals surface area contributed by atoms with Crippen LogP contribution in [0.5, 0.6) is 5.75 Å². The Hall–Kier alpha value is -2.86. The van der Waals surface area contributed by atoms with Crippen molar-refractivity contribution >= 4 is 35.0 Å². The average molecular weight is 333 g/mol. The molecule has 0 spiro atoms. The Morgan fingerprint density at radius 2 is 2.09 bits per heavy atom. The Balaban J connectivity index is 2.12. The van der Waals surface area contributed by atoms with E-state index < -0.39 is 10.8 Å². The number of non-ortho nitro benzene ring substituents is 1. The molecule has 0 aromatic heterocycles. The second-order valence-electron chi connectivity index (χ2n) is 4.52. The standard InChI is InChI=1S/C16H13ClN2O4/c1-23-15-10-13(19(21)22)6-7-14(15)18-16(20)8-5-11-3-2-4-12(17)9-11/h2-10H,1H3,(H,18,20)/b8-5+. The average Bonchev–Trinajstić information content (AvgIpc) is 2.53. The summed E-state index contributed by atoms with van der Waals surface area (Å²) >= 11 is 5.86. The van der Waals surface area contributed by atoms with Crippen molar-refractivity contribution in [2.75, 3.05) is 12.4 Å². The van der Waals surface area contributed by atoms with Crippen LogP contribution in [0.25, 0.3) is 6.08 Å². The van der Waals surface area contributed by atoms with Crippen molar-refractivity contribution < 1.29 is 14.5 Å². The largest absolute Gasteiger partial charge is 0.494 e. The molecular formula is C16H13ClN2O4. The lowest BCUT2D eigenvalue weighted by molar-refractivity contribution is -0.384. The second kappa shape index (κ2) is 7.42. The van der Waals surface area contributed by atoms with Crippen molar-refractivity contribution in [2.24, 2.45) is 0 Å². The van der Waals surface area contributed by atoms with E-state index in [2.05, 4.69) is 5.32 Å². The number of nitrogens with zero attached hydrogens (tertiary/aromatic N) is 1. The van der Waals surface area contributed by atoms with Crippen LogP contribution in [0.1, 0.15) is 5.56 Å². The van der Waals surface area contributed by atoms with E-state index in [0.29, 0.717) is 10.7 Å². The molecule has 6 nitrogen and oxygen atoms in total. The molecule has 2 rings (SSSR count). The molecule has 0 radical (unpaired) electrons. The molecular weight excluding hydrogens is 320 g/mol. The third-order valence-corrected chi connectivity index (χ3v) is 3.16. The lowest BCUT2D eigenvalue weighted by atomic mass is 10.2. The quantitative estimate of drug-likeness (QED) is 0.511. The second-order valence-corrected chi connectivity index (χ2v) is 4.96. The van der Waals surface area contributed by atoms with Gasteiger partial charge in [0.25, 0.3) is 5.69 Å². The number of methoxy groups -OCH3 is 1. The van der Waals surface area contributed by atoms with E-state index in [4.69, 9.17) is 16.3 Å². The minimum Gasteiger partial charge on any atom is -0.494 e. The van der Waals surface area contributed by atoms with Gasteiger partial charge in [0.1, 0.15) is 5.75 Å². The number of nitrogens with one attached hydrogen (secondary N) is 1. The summed E-state index contributed by atoms with van der Waals surface area (Å²) < 4.78 is 5.05. The van der Waals surface area contributed by atoms with Crippen LogP contribution < -0.4 is 10.1 Å². The molecule has 0 saturated carbocycles. The Bertz CT molecular complexity index is 774. The van der Waals surface area contributed by atoms with Crippen molar-refractivity contribution in [3.63, 3.8) is 0 Å². The molecule has 118 valence electrons. The highest BCUT2D eigenvalue weighted by molar-refractivity contribution is 6.30. The number of carbonyl (C=O) groups excluding carboxylic acids is 1. The molecule has 1 N–H and O–H groups in total. The van der Waals surface area contributed by atoms with E-state index in [0.717, 1.165) is 5.56 Å². The lowest BCUT2D eigenvalue weighted by Crippen LogP contribution is -2.09. The maximum atomic E-state index is 11.9. The third-order valence-electron chi connectivity index (χ3n) is 2.93. The molecule has 2 aromatic rings. The highest BCUT2D eigenvalue weighted by Crippen LogP contribution is 2.29. The molecule has 0 unspecified atom stereocenters. The summed E-state index contributed by atoms with van der Waals surface area (Å²) in [4.78, 5) is 22.1. The molecule has 23 heavy (non-hydrogen) atoms. The van der Waals surface area contributed by atoms with Crippen molar-refractivity contribution in [3.8, 4) is 5.75 Å². The summed E-state index contributed by atoms with van der Waals surface area (Å²) in [5.41, 5.74) is 1.01. The van der Waals surface area contributed by atoms with Gasteiger partial charge in [-0.25, -0.2) is 0 Å². The fourth-order valence-electron chi connectivity index (χ4n) is 1.85. The van der Waals surface area contributed by atoms with Crippen molar-refractivity contribution in [1.29, 1.82) is 0 Å². The molecule has 0 aliphatic rings. The normalized spacial score (nSPS) is 10.5. The minimum absolute atomic E-state index is 0.116. The molecule has 0 bridgehead atoms. The zero-order valence-electron chi connectivity index (χ0n) is 12.2. The van der Waals surface area contributed by atoms with Gasteiger partial charge in [0.05, 0.1) is 23.8 Å². The molecule has 1 amide bonds. The number of hydrogen-bond donors (Lipinski definition) is 1. The third kappa shape index (κ3) is 4.55. The number of anilines is 1. The van der Waals surface area contributed by atoms with E-state index in [1.165, 1.54) is 31.4 Å². The minimum atomic E-state index is -0.535. The number of nitro benzene ring substituents is 1. The fourth-order valence-corrected chi connectivity index (χ4v) is 2.05. The van der Waals surface area contributed by atoms with Gasteiger partial charge in [-0.2, -0.15) is 0 Å². The molecule has 0 atom stereocenters. The summed E-state index contributed by atoms with van der Waals surface area (Å²) in [5, 5.41) is 13.9.